The van der Waals surface area contributed by atoms with Gasteiger partial charge in [0.2, 0.25) is 5.91 Å². The van der Waals surface area contributed by atoms with Gasteiger partial charge in [-0.3, -0.25) is 4.79 Å². The summed E-state index contributed by atoms with van der Waals surface area (Å²) in [5, 5.41) is 3.11. The smallest absolute Gasteiger partial charge is 0.223 e. The molecule has 2 rings (SSSR count). The Morgan fingerprint density at radius 1 is 1.17 bits per heavy atom. The second-order valence-corrected chi connectivity index (χ2v) is 7.36. The third-order valence-corrected chi connectivity index (χ3v) is 4.88. The van der Waals surface area contributed by atoms with Crippen LogP contribution < -0.4 is 5.32 Å². The summed E-state index contributed by atoms with van der Waals surface area (Å²) in [6, 6.07) is 10.7. The molecule has 0 bridgehead atoms. The molecule has 23 heavy (non-hydrogen) atoms. The molecule has 3 nitrogen and oxygen atoms in total. The first-order chi connectivity index (χ1) is 11.1. The first-order valence-corrected chi connectivity index (χ1v) is 9.11. The predicted octanol–water partition coefficient (Wildman–Crippen LogP) is 3.66. The number of nitrogens with zero attached hydrogens (tertiary/aromatic N) is 1. The Morgan fingerprint density at radius 2 is 1.83 bits per heavy atom. The van der Waals surface area contributed by atoms with Crippen LogP contribution in [0, 0.1) is 11.8 Å². The molecule has 1 N–H and O–H groups in total. The molecule has 1 saturated heterocycles. The number of benzene rings is 1. The zero-order valence-corrected chi connectivity index (χ0v) is 14.9. The summed E-state index contributed by atoms with van der Waals surface area (Å²) in [5.74, 6) is 1.68. The Morgan fingerprint density at radius 3 is 2.43 bits per heavy atom. The number of rotatable bonds is 7. The van der Waals surface area contributed by atoms with Gasteiger partial charge in [-0.15, -0.1) is 0 Å². The molecule has 0 spiro atoms. The maximum absolute atomic E-state index is 12.2. The Labute approximate surface area is 141 Å². The molecule has 0 aliphatic carbocycles. The second kappa shape index (κ2) is 9.07. The number of amides is 1. The number of hydrogen-bond donors (Lipinski definition) is 1. The van der Waals surface area contributed by atoms with Crippen LogP contribution in [0.1, 0.15) is 51.5 Å². The van der Waals surface area contributed by atoms with Crippen molar-refractivity contribution in [2.75, 3.05) is 26.2 Å². The Balaban J connectivity index is 1.70. The standard InChI is InChI=1S/C20H32N2O/c1-16(2)9-12-21-20(23)19-10-13-22(14-11-19)15-17(3)18-7-5-4-6-8-18/h4-8,16-17,19H,9-15H2,1-3H3,(H,21,23)/t17-/m1/s1. The molecule has 1 aliphatic rings. The van der Waals surface area contributed by atoms with Crippen LogP contribution in [0.25, 0.3) is 0 Å². The minimum atomic E-state index is 0.213. The van der Waals surface area contributed by atoms with Crippen LogP contribution in [0.3, 0.4) is 0 Å². The van der Waals surface area contributed by atoms with Crippen LogP contribution in [0.2, 0.25) is 0 Å². The highest BCUT2D eigenvalue weighted by Gasteiger charge is 2.25. The van der Waals surface area contributed by atoms with Gasteiger partial charge in [0.15, 0.2) is 0 Å². The first-order valence-electron chi connectivity index (χ1n) is 9.11. The van der Waals surface area contributed by atoms with Crippen molar-refractivity contribution in [3.05, 3.63) is 35.9 Å². The zero-order chi connectivity index (χ0) is 16.7. The van der Waals surface area contributed by atoms with Gasteiger partial charge in [-0.2, -0.15) is 0 Å². The lowest BCUT2D eigenvalue weighted by molar-refractivity contribution is -0.126. The summed E-state index contributed by atoms with van der Waals surface area (Å²) in [6.45, 7) is 10.7. The molecule has 0 radical (unpaired) electrons. The quantitative estimate of drug-likeness (QED) is 0.832. The molecule has 1 amide bonds. The molecule has 0 unspecified atom stereocenters. The number of carbonyl (C=O) groups is 1. The van der Waals surface area contributed by atoms with E-state index in [9.17, 15) is 4.79 Å². The van der Waals surface area contributed by atoms with Gasteiger partial charge in [-0.05, 0) is 49.8 Å². The molecular formula is C20H32N2O. The fraction of sp³-hybridized carbons (Fsp3) is 0.650. The minimum absolute atomic E-state index is 0.213. The van der Waals surface area contributed by atoms with Crippen LogP contribution in [-0.2, 0) is 4.79 Å². The molecular weight excluding hydrogens is 284 g/mol. The molecule has 3 heteroatoms. The van der Waals surface area contributed by atoms with E-state index in [0.29, 0.717) is 11.8 Å². The van der Waals surface area contributed by atoms with E-state index in [2.05, 4.69) is 61.3 Å². The summed E-state index contributed by atoms with van der Waals surface area (Å²) in [6.07, 6.45) is 3.06. The highest BCUT2D eigenvalue weighted by atomic mass is 16.1. The summed E-state index contributed by atoms with van der Waals surface area (Å²) < 4.78 is 0. The van der Waals surface area contributed by atoms with Gasteiger partial charge >= 0.3 is 0 Å². The third-order valence-electron chi connectivity index (χ3n) is 4.88. The number of nitrogens with one attached hydrogen (secondary N) is 1. The van der Waals surface area contributed by atoms with Crippen molar-refractivity contribution in [3.8, 4) is 0 Å². The van der Waals surface area contributed by atoms with Crippen molar-refractivity contribution in [2.45, 2.75) is 46.0 Å². The number of piperidine rings is 1. The van der Waals surface area contributed by atoms with Crippen LogP contribution in [-0.4, -0.2) is 37.0 Å². The van der Waals surface area contributed by atoms with Crippen LogP contribution in [0.5, 0.6) is 0 Å². The van der Waals surface area contributed by atoms with Crippen molar-refractivity contribution >= 4 is 5.91 Å². The third kappa shape index (κ3) is 5.98. The van der Waals surface area contributed by atoms with Gasteiger partial charge < -0.3 is 10.2 Å². The van der Waals surface area contributed by atoms with Crippen LogP contribution in [0.15, 0.2) is 30.3 Å². The number of hydrogen-bond acceptors (Lipinski definition) is 2. The summed E-state index contributed by atoms with van der Waals surface area (Å²) in [5.41, 5.74) is 1.40. The SMILES string of the molecule is CC(C)CCNC(=O)C1CCN(C[C@@H](C)c2ccccc2)CC1. The van der Waals surface area contributed by atoms with Gasteiger partial charge in [0.25, 0.3) is 0 Å². The molecule has 1 fully saturated rings. The summed E-state index contributed by atoms with van der Waals surface area (Å²) in [4.78, 5) is 14.7. The Hall–Kier alpha value is -1.35. The molecule has 1 aromatic rings. The summed E-state index contributed by atoms with van der Waals surface area (Å²) in [7, 11) is 0. The lowest BCUT2D eigenvalue weighted by Gasteiger charge is -2.33. The maximum atomic E-state index is 12.2. The van der Waals surface area contributed by atoms with Crippen LogP contribution >= 0.6 is 0 Å². The molecule has 1 aromatic carbocycles. The van der Waals surface area contributed by atoms with Crippen molar-refractivity contribution in [2.24, 2.45) is 11.8 Å². The monoisotopic (exact) mass is 316 g/mol. The minimum Gasteiger partial charge on any atom is -0.356 e. The maximum Gasteiger partial charge on any atom is 0.223 e. The second-order valence-electron chi connectivity index (χ2n) is 7.36. The van der Waals surface area contributed by atoms with Gasteiger partial charge in [0.1, 0.15) is 0 Å². The summed E-state index contributed by atoms with van der Waals surface area (Å²) >= 11 is 0. The van der Waals surface area contributed by atoms with E-state index in [4.69, 9.17) is 0 Å². The molecule has 1 atom stereocenters. The molecule has 1 heterocycles. The Kier molecular flexibility index (Phi) is 7.10. The fourth-order valence-corrected chi connectivity index (χ4v) is 3.28. The molecule has 128 valence electrons. The topological polar surface area (TPSA) is 32.3 Å². The normalized spacial score (nSPS) is 18.1. The number of carbonyl (C=O) groups excluding carboxylic acids is 1. The molecule has 0 aromatic heterocycles. The van der Waals surface area contributed by atoms with E-state index in [-0.39, 0.29) is 11.8 Å². The first kappa shape index (κ1) is 18.0. The fourth-order valence-electron chi connectivity index (χ4n) is 3.28. The van der Waals surface area contributed by atoms with E-state index >= 15 is 0 Å². The highest BCUT2D eigenvalue weighted by molar-refractivity contribution is 5.78. The molecule has 1 aliphatic heterocycles. The van der Waals surface area contributed by atoms with Crippen molar-refractivity contribution < 1.29 is 4.79 Å². The average molecular weight is 316 g/mol. The van der Waals surface area contributed by atoms with Gasteiger partial charge in [-0.25, -0.2) is 0 Å². The predicted molar refractivity (Wildman–Crippen MR) is 96.5 cm³/mol. The van der Waals surface area contributed by atoms with E-state index in [0.717, 1.165) is 45.4 Å². The zero-order valence-electron chi connectivity index (χ0n) is 14.9. The number of likely N-dealkylation sites (tertiary alicyclic amines) is 1. The van der Waals surface area contributed by atoms with E-state index < -0.39 is 0 Å². The van der Waals surface area contributed by atoms with Gasteiger partial charge in [-0.1, -0.05) is 51.1 Å². The van der Waals surface area contributed by atoms with Crippen LogP contribution in [0.4, 0.5) is 0 Å². The van der Waals surface area contributed by atoms with E-state index in [1.165, 1.54) is 5.56 Å². The highest BCUT2D eigenvalue weighted by Crippen LogP contribution is 2.22. The largest absolute Gasteiger partial charge is 0.356 e. The molecule has 0 saturated carbocycles. The van der Waals surface area contributed by atoms with Crippen molar-refractivity contribution in [3.63, 3.8) is 0 Å². The van der Waals surface area contributed by atoms with E-state index in [1.807, 2.05) is 0 Å². The lowest BCUT2D eigenvalue weighted by Crippen LogP contribution is -2.41. The van der Waals surface area contributed by atoms with Gasteiger partial charge in [0.05, 0.1) is 0 Å². The average Bonchev–Trinajstić information content (AvgIpc) is 2.56. The Bertz CT molecular complexity index is 464. The van der Waals surface area contributed by atoms with Crippen molar-refractivity contribution in [1.29, 1.82) is 0 Å². The van der Waals surface area contributed by atoms with E-state index in [1.54, 1.807) is 0 Å². The lowest BCUT2D eigenvalue weighted by atomic mass is 9.94. The van der Waals surface area contributed by atoms with Crippen molar-refractivity contribution in [1.82, 2.24) is 10.2 Å². The van der Waals surface area contributed by atoms with Gasteiger partial charge in [0, 0.05) is 19.0 Å².